The minimum atomic E-state index is -0.430. The molecular formula is C19H19ClN2O5. The van der Waals surface area contributed by atoms with Crippen LogP contribution in [0.25, 0.3) is 0 Å². The molecule has 1 aliphatic rings. The molecule has 142 valence electrons. The number of nitrogens with zero attached hydrogens (tertiary/aromatic N) is 2. The van der Waals surface area contributed by atoms with Crippen molar-refractivity contribution in [2.24, 2.45) is 0 Å². The van der Waals surface area contributed by atoms with E-state index in [1.54, 1.807) is 34.1 Å². The summed E-state index contributed by atoms with van der Waals surface area (Å²) in [5.41, 5.74) is 0.420. The molecule has 0 bridgehead atoms. The number of carbonyl (C=O) groups is 2. The van der Waals surface area contributed by atoms with Gasteiger partial charge in [-0.15, -0.1) is 0 Å². The highest BCUT2D eigenvalue weighted by Crippen LogP contribution is 2.14. The van der Waals surface area contributed by atoms with E-state index in [-0.39, 0.29) is 29.9 Å². The predicted molar refractivity (Wildman–Crippen MR) is 98.9 cm³/mol. The van der Waals surface area contributed by atoms with Crippen LogP contribution >= 0.6 is 11.6 Å². The lowest BCUT2D eigenvalue weighted by atomic mass is 10.2. The SMILES string of the molecule is CC(=O)N1CCN(C(=O)c2cc(=O)c(OCc3ccc(Cl)cc3)co2)CC1. The summed E-state index contributed by atoms with van der Waals surface area (Å²) in [6.07, 6.45) is 1.15. The zero-order valence-corrected chi connectivity index (χ0v) is 15.6. The summed E-state index contributed by atoms with van der Waals surface area (Å²) < 4.78 is 10.8. The fourth-order valence-corrected chi connectivity index (χ4v) is 2.86. The number of ether oxygens (including phenoxy) is 1. The number of hydrogen-bond acceptors (Lipinski definition) is 5. The Hall–Kier alpha value is -2.80. The highest BCUT2D eigenvalue weighted by Gasteiger charge is 2.25. The summed E-state index contributed by atoms with van der Waals surface area (Å²) in [5, 5.41) is 0.616. The molecule has 1 aromatic heterocycles. The van der Waals surface area contributed by atoms with E-state index >= 15 is 0 Å². The molecule has 2 amide bonds. The fourth-order valence-electron chi connectivity index (χ4n) is 2.74. The van der Waals surface area contributed by atoms with Gasteiger partial charge in [-0.2, -0.15) is 0 Å². The van der Waals surface area contributed by atoms with Crippen LogP contribution in [-0.2, 0) is 11.4 Å². The van der Waals surface area contributed by atoms with Crippen molar-refractivity contribution in [3.63, 3.8) is 0 Å². The lowest BCUT2D eigenvalue weighted by molar-refractivity contribution is -0.130. The summed E-state index contributed by atoms with van der Waals surface area (Å²) in [5.74, 6) is -0.409. The number of benzene rings is 1. The summed E-state index contributed by atoms with van der Waals surface area (Å²) in [6.45, 7) is 3.41. The molecule has 1 fully saturated rings. The van der Waals surface area contributed by atoms with Crippen molar-refractivity contribution < 1.29 is 18.7 Å². The van der Waals surface area contributed by atoms with Gasteiger partial charge in [0.15, 0.2) is 5.76 Å². The third-order valence-electron chi connectivity index (χ3n) is 4.33. The first-order valence-corrected chi connectivity index (χ1v) is 8.87. The second-order valence-corrected chi connectivity index (χ2v) is 6.62. The second kappa shape index (κ2) is 8.26. The molecule has 0 radical (unpaired) electrons. The maximum absolute atomic E-state index is 12.5. The van der Waals surface area contributed by atoms with E-state index in [0.717, 1.165) is 17.9 Å². The summed E-state index contributed by atoms with van der Waals surface area (Å²) in [6, 6.07) is 8.19. The molecule has 8 heteroatoms. The molecule has 0 aliphatic carbocycles. The zero-order chi connectivity index (χ0) is 19.4. The number of rotatable bonds is 4. The van der Waals surface area contributed by atoms with Crippen molar-refractivity contribution in [3.8, 4) is 5.75 Å². The molecular weight excluding hydrogens is 372 g/mol. The molecule has 1 aliphatic heterocycles. The monoisotopic (exact) mass is 390 g/mol. The van der Waals surface area contributed by atoms with Crippen LogP contribution in [-0.4, -0.2) is 47.8 Å². The summed E-state index contributed by atoms with van der Waals surface area (Å²) in [4.78, 5) is 39.3. The van der Waals surface area contributed by atoms with Gasteiger partial charge in [0.2, 0.25) is 17.1 Å². The van der Waals surface area contributed by atoms with Gasteiger partial charge in [0.1, 0.15) is 12.9 Å². The van der Waals surface area contributed by atoms with E-state index in [1.165, 1.54) is 6.92 Å². The molecule has 27 heavy (non-hydrogen) atoms. The molecule has 2 aromatic rings. The highest BCUT2D eigenvalue weighted by atomic mass is 35.5. The van der Waals surface area contributed by atoms with Crippen LogP contribution in [0.5, 0.6) is 5.75 Å². The first kappa shape index (κ1) is 19.0. The molecule has 7 nitrogen and oxygen atoms in total. The third kappa shape index (κ3) is 4.68. The average Bonchev–Trinajstić information content (AvgIpc) is 2.67. The summed E-state index contributed by atoms with van der Waals surface area (Å²) >= 11 is 5.83. The Kier molecular flexibility index (Phi) is 5.81. The Labute approximate surface area is 161 Å². The smallest absolute Gasteiger partial charge is 0.289 e. The first-order chi connectivity index (χ1) is 12.9. The van der Waals surface area contributed by atoms with Crippen LogP contribution in [0.2, 0.25) is 5.02 Å². The molecule has 1 aromatic carbocycles. The number of hydrogen-bond donors (Lipinski definition) is 0. The van der Waals surface area contributed by atoms with Gasteiger partial charge in [0.05, 0.1) is 0 Å². The van der Waals surface area contributed by atoms with Gasteiger partial charge < -0.3 is 19.0 Å². The van der Waals surface area contributed by atoms with Crippen LogP contribution < -0.4 is 10.2 Å². The third-order valence-corrected chi connectivity index (χ3v) is 4.58. The van der Waals surface area contributed by atoms with Crippen molar-refractivity contribution in [2.45, 2.75) is 13.5 Å². The van der Waals surface area contributed by atoms with Crippen molar-refractivity contribution in [1.29, 1.82) is 0 Å². The van der Waals surface area contributed by atoms with Gasteiger partial charge in [0, 0.05) is 44.2 Å². The van der Waals surface area contributed by atoms with E-state index in [2.05, 4.69) is 0 Å². The molecule has 0 spiro atoms. The Morgan fingerprint density at radius 1 is 1.11 bits per heavy atom. The standard InChI is InChI=1S/C19H19ClN2O5/c1-13(23)21-6-8-22(9-7-21)19(25)17-10-16(24)18(12-27-17)26-11-14-2-4-15(20)5-3-14/h2-5,10,12H,6-9,11H2,1H3. The van der Waals surface area contributed by atoms with Gasteiger partial charge in [-0.05, 0) is 17.7 Å². The maximum Gasteiger partial charge on any atom is 0.289 e. The van der Waals surface area contributed by atoms with E-state index in [0.29, 0.717) is 31.2 Å². The maximum atomic E-state index is 12.5. The van der Waals surface area contributed by atoms with Crippen LogP contribution in [0.1, 0.15) is 23.0 Å². The normalized spacial score (nSPS) is 14.1. The molecule has 0 N–H and O–H groups in total. The number of amides is 2. The molecule has 1 saturated heterocycles. The Morgan fingerprint density at radius 2 is 1.74 bits per heavy atom. The first-order valence-electron chi connectivity index (χ1n) is 8.49. The van der Waals surface area contributed by atoms with Gasteiger partial charge in [0.25, 0.3) is 5.91 Å². The Morgan fingerprint density at radius 3 is 2.33 bits per heavy atom. The van der Waals surface area contributed by atoms with Gasteiger partial charge in [-0.1, -0.05) is 23.7 Å². The fraction of sp³-hybridized carbons (Fsp3) is 0.316. The van der Waals surface area contributed by atoms with Crippen LogP contribution in [0.4, 0.5) is 0 Å². The largest absolute Gasteiger partial charge is 0.482 e. The number of piperazine rings is 1. The second-order valence-electron chi connectivity index (χ2n) is 6.19. The summed E-state index contributed by atoms with van der Waals surface area (Å²) in [7, 11) is 0. The van der Waals surface area contributed by atoms with Crippen molar-refractivity contribution in [1.82, 2.24) is 9.80 Å². The molecule has 3 rings (SSSR count). The van der Waals surface area contributed by atoms with Crippen molar-refractivity contribution in [2.75, 3.05) is 26.2 Å². The lowest BCUT2D eigenvalue weighted by Crippen LogP contribution is -2.50. The average molecular weight is 391 g/mol. The van der Waals surface area contributed by atoms with Crippen molar-refractivity contribution in [3.05, 3.63) is 63.2 Å². The quantitative estimate of drug-likeness (QED) is 0.799. The van der Waals surface area contributed by atoms with Crippen molar-refractivity contribution >= 4 is 23.4 Å². The van der Waals surface area contributed by atoms with E-state index < -0.39 is 5.43 Å². The van der Waals surface area contributed by atoms with Crippen LogP contribution in [0.3, 0.4) is 0 Å². The molecule has 0 saturated carbocycles. The number of halogens is 1. The van der Waals surface area contributed by atoms with E-state index in [1.807, 2.05) is 0 Å². The Bertz CT molecular complexity index is 886. The minimum absolute atomic E-state index is 0.0178. The highest BCUT2D eigenvalue weighted by molar-refractivity contribution is 6.30. The molecule has 2 heterocycles. The zero-order valence-electron chi connectivity index (χ0n) is 14.8. The van der Waals surface area contributed by atoms with Crippen LogP contribution in [0.15, 0.2) is 45.8 Å². The topological polar surface area (TPSA) is 80.1 Å². The van der Waals surface area contributed by atoms with E-state index in [4.69, 9.17) is 20.8 Å². The predicted octanol–water partition coefficient (Wildman–Crippen LogP) is 2.18. The van der Waals surface area contributed by atoms with E-state index in [9.17, 15) is 14.4 Å². The van der Waals surface area contributed by atoms with Gasteiger partial charge in [-0.3, -0.25) is 14.4 Å². The lowest BCUT2D eigenvalue weighted by Gasteiger charge is -2.33. The Balaban J connectivity index is 1.62. The molecule has 0 unspecified atom stereocenters. The van der Waals surface area contributed by atoms with Crippen LogP contribution in [0, 0.1) is 0 Å². The minimum Gasteiger partial charge on any atom is -0.482 e. The van der Waals surface area contributed by atoms with Gasteiger partial charge >= 0.3 is 0 Å². The molecule has 0 atom stereocenters. The van der Waals surface area contributed by atoms with Gasteiger partial charge in [-0.25, -0.2) is 0 Å². The number of carbonyl (C=O) groups excluding carboxylic acids is 2.